The van der Waals surface area contributed by atoms with E-state index in [1.54, 1.807) is 6.07 Å². The molecule has 4 rings (SSSR count). The second-order valence-corrected chi connectivity index (χ2v) is 7.02. The van der Waals surface area contributed by atoms with Crippen LogP contribution in [0.3, 0.4) is 0 Å². The van der Waals surface area contributed by atoms with Crippen molar-refractivity contribution < 1.29 is 0 Å². The van der Waals surface area contributed by atoms with Gasteiger partial charge in [0.1, 0.15) is 0 Å². The maximum Gasteiger partial charge on any atom is 0.0479 e. The van der Waals surface area contributed by atoms with Gasteiger partial charge in [0.05, 0.1) is 0 Å². The van der Waals surface area contributed by atoms with E-state index in [-0.39, 0.29) is 0 Å². The molecule has 0 atom stereocenters. The molecule has 0 saturated heterocycles. The first-order valence-corrected chi connectivity index (χ1v) is 8.48. The number of nitrogens with one attached hydrogen (secondary N) is 1. The van der Waals surface area contributed by atoms with E-state index in [4.69, 9.17) is 28.9 Å². The lowest BCUT2D eigenvalue weighted by atomic mass is 9.93. The molecule has 4 aromatic rings. The summed E-state index contributed by atoms with van der Waals surface area (Å²) in [7, 11) is 0. The molecule has 2 nitrogen and oxygen atoms in total. The fraction of sp³-hybridized carbons (Fsp3) is 0.100. The first kappa shape index (κ1) is 15.4. The minimum atomic E-state index is 0.645. The Kier molecular flexibility index (Phi) is 3.48. The number of nitrogens with two attached hydrogens (primary N) is 1. The number of anilines is 1. The third-order valence-electron chi connectivity index (χ3n) is 4.72. The van der Waals surface area contributed by atoms with Crippen LogP contribution in [-0.2, 0) is 0 Å². The van der Waals surface area contributed by atoms with Crippen LogP contribution in [0, 0.1) is 13.8 Å². The van der Waals surface area contributed by atoms with Gasteiger partial charge in [-0.25, -0.2) is 0 Å². The van der Waals surface area contributed by atoms with Crippen molar-refractivity contribution in [1.29, 1.82) is 0 Å². The molecule has 0 aliphatic carbocycles. The smallest absolute Gasteiger partial charge is 0.0479 e. The van der Waals surface area contributed by atoms with Gasteiger partial charge in [-0.05, 0) is 60.9 Å². The van der Waals surface area contributed by atoms with Crippen molar-refractivity contribution in [3.63, 3.8) is 0 Å². The summed E-state index contributed by atoms with van der Waals surface area (Å²) in [6.45, 7) is 4.28. The highest BCUT2D eigenvalue weighted by molar-refractivity contribution is 6.32. The molecule has 0 aliphatic rings. The van der Waals surface area contributed by atoms with Gasteiger partial charge in [0.25, 0.3) is 0 Å². The van der Waals surface area contributed by atoms with Crippen molar-refractivity contribution in [3.8, 4) is 11.1 Å². The molecule has 3 aromatic carbocycles. The van der Waals surface area contributed by atoms with Crippen LogP contribution in [0.2, 0.25) is 10.0 Å². The van der Waals surface area contributed by atoms with Gasteiger partial charge >= 0.3 is 0 Å². The van der Waals surface area contributed by atoms with E-state index in [0.717, 1.165) is 27.2 Å². The average molecular weight is 355 g/mol. The number of hydrogen-bond acceptors (Lipinski definition) is 1. The van der Waals surface area contributed by atoms with Crippen LogP contribution in [0.4, 0.5) is 5.69 Å². The third kappa shape index (κ3) is 2.26. The van der Waals surface area contributed by atoms with E-state index >= 15 is 0 Å². The second-order valence-electron chi connectivity index (χ2n) is 6.14. The van der Waals surface area contributed by atoms with Gasteiger partial charge in [-0.1, -0.05) is 35.3 Å². The Bertz CT molecular complexity index is 1110. The van der Waals surface area contributed by atoms with Gasteiger partial charge in [0.15, 0.2) is 0 Å². The van der Waals surface area contributed by atoms with Gasteiger partial charge < -0.3 is 10.7 Å². The molecule has 0 aliphatic heterocycles. The Hall–Kier alpha value is -2.16. The lowest BCUT2D eigenvalue weighted by Gasteiger charge is -2.13. The zero-order valence-electron chi connectivity index (χ0n) is 13.4. The highest BCUT2D eigenvalue weighted by Crippen LogP contribution is 2.38. The fourth-order valence-electron chi connectivity index (χ4n) is 3.40. The molecule has 0 radical (unpaired) electrons. The number of benzene rings is 3. The molecule has 120 valence electrons. The van der Waals surface area contributed by atoms with Crippen molar-refractivity contribution in [2.24, 2.45) is 0 Å². The minimum absolute atomic E-state index is 0.645. The summed E-state index contributed by atoms with van der Waals surface area (Å²) in [6.07, 6.45) is 0. The summed E-state index contributed by atoms with van der Waals surface area (Å²) < 4.78 is 0. The Morgan fingerprint density at radius 2 is 1.50 bits per heavy atom. The van der Waals surface area contributed by atoms with E-state index in [9.17, 15) is 0 Å². The predicted octanol–water partition coefficient (Wildman–Crippen LogP) is 6.49. The van der Waals surface area contributed by atoms with Gasteiger partial charge in [0.2, 0.25) is 0 Å². The Morgan fingerprint density at radius 3 is 2.25 bits per heavy atom. The molecule has 1 aromatic heterocycles. The maximum atomic E-state index is 6.20. The van der Waals surface area contributed by atoms with Crippen LogP contribution in [0.15, 0.2) is 42.5 Å². The second kappa shape index (κ2) is 5.44. The summed E-state index contributed by atoms with van der Waals surface area (Å²) in [5.74, 6) is 0. The van der Waals surface area contributed by atoms with Crippen LogP contribution in [0.1, 0.15) is 11.1 Å². The van der Waals surface area contributed by atoms with Crippen molar-refractivity contribution in [1.82, 2.24) is 4.98 Å². The van der Waals surface area contributed by atoms with Crippen molar-refractivity contribution in [2.45, 2.75) is 13.8 Å². The number of fused-ring (bicyclic) bond motifs is 3. The van der Waals surface area contributed by atoms with Crippen LogP contribution in [0.25, 0.3) is 32.9 Å². The first-order chi connectivity index (χ1) is 11.5. The maximum absolute atomic E-state index is 6.20. The topological polar surface area (TPSA) is 41.8 Å². The van der Waals surface area contributed by atoms with E-state index in [2.05, 4.69) is 31.0 Å². The quantitative estimate of drug-likeness (QED) is 0.376. The van der Waals surface area contributed by atoms with E-state index in [1.165, 1.54) is 21.9 Å². The summed E-state index contributed by atoms with van der Waals surface area (Å²) in [5, 5.41) is 3.79. The van der Waals surface area contributed by atoms with Gasteiger partial charge in [-0.3, -0.25) is 0 Å². The van der Waals surface area contributed by atoms with Crippen molar-refractivity contribution in [2.75, 3.05) is 5.73 Å². The molecule has 0 amide bonds. The van der Waals surface area contributed by atoms with Crippen molar-refractivity contribution in [3.05, 3.63) is 63.6 Å². The number of hydrogen-bond donors (Lipinski definition) is 2. The number of aromatic nitrogens is 1. The summed E-state index contributed by atoms with van der Waals surface area (Å²) in [4.78, 5) is 3.48. The SMILES string of the molecule is Cc1c(-c2ccc(Cl)cc2N)cc2[nH]c3cc(Cl)ccc3c2c1C. The molecule has 0 saturated carbocycles. The standard InChI is InChI=1S/C20H16Cl2N2/c1-10-11(2)20-15-6-4-13(22)8-18(15)24-19(20)9-16(10)14-5-3-12(21)7-17(14)23/h3-9,24H,23H2,1-2H3. The predicted molar refractivity (Wildman–Crippen MR) is 105 cm³/mol. The molecule has 1 heterocycles. The molecule has 0 fully saturated rings. The molecule has 24 heavy (non-hydrogen) atoms. The molecule has 3 N–H and O–H groups in total. The largest absolute Gasteiger partial charge is 0.398 e. The Labute approximate surface area is 150 Å². The van der Waals surface area contributed by atoms with Crippen LogP contribution in [-0.4, -0.2) is 4.98 Å². The number of rotatable bonds is 1. The van der Waals surface area contributed by atoms with Crippen LogP contribution in [0.5, 0.6) is 0 Å². The third-order valence-corrected chi connectivity index (χ3v) is 5.19. The van der Waals surface area contributed by atoms with Gasteiger partial charge in [-0.15, -0.1) is 0 Å². The molecular formula is C20H16Cl2N2. The lowest BCUT2D eigenvalue weighted by Crippen LogP contribution is -1.94. The number of nitrogen functional groups attached to an aromatic ring is 1. The van der Waals surface area contributed by atoms with Crippen LogP contribution >= 0.6 is 23.2 Å². The van der Waals surface area contributed by atoms with E-state index in [0.29, 0.717) is 10.7 Å². The fourth-order valence-corrected chi connectivity index (χ4v) is 3.76. The first-order valence-electron chi connectivity index (χ1n) is 7.72. The van der Waals surface area contributed by atoms with Gasteiger partial charge in [0, 0.05) is 43.1 Å². The molecule has 0 unspecified atom stereocenters. The number of H-pyrrole nitrogens is 1. The molecule has 0 spiro atoms. The lowest BCUT2D eigenvalue weighted by molar-refractivity contribution is 1.37. The number of aromatic amines is 1. The minimum Gasteiger partial charge on any atom is -0.398 e. The highest BCUT2D eigenvalue weighted by atomic mass is 35.5. The van der Waals surface area contributed by atoms with Gasteiger partial charge in [-0.2, -0.15) is 0 Å². The number of aryl methyl sites for hydroxylation is 1. The normalized spacial score (nSPS) is 11.5. The zero-order chi connectivity index (χ0) is 17.0. The molecule has 4 heteroatoms. The Morgan fingerprint density at radius 1 is 0.792 bits per heavy atom. The van der Waals surface area contributed by atoms with Crippen molar-refractivity contribution >= 4 is 50.7 Å². The zero-order valence-corrected chi connectivity index (χ0v) is 14.9. The summed E-state index contributed by atoms with van der Waals surface area (Å²) >= 11 is 12.2. The summed E-state index contributed by atoms with van der Waals surface area (Å²) in [6, 6.07) is 13.8. The molecular weight excluding hydrogens is 339 g/mol. The Balaban J connectivity index is 2.08. The highest BCUT2D eigenvalue weighted by Gasteiger charge is 2.15. The summed E-state index contributed by atoms with van der Waals surface area (Å²) in [5.41, 5.74) is 13.6. The molecule has 0 bridgehead atoms. The number of halogens is 2. The van der Waals surface area contributed by atoms with E-state index < -0.39 is 0 Å². The monoisotopic (exact) mass is 354 g/mol. The van der Waals surface area contributed by atoms with Crippen LogP contribution < -0.4 is 5.73 Å². The van der Waals surface area contributed by atoms with E-state index in [1.807, 2.05) is 24.3 Å². The average Bonchev–Trinajstić information content (AvgIpc) is 2.88.